The third-order valence-corrected chi connectivity index (χ3v) is 6.08. The second-order valence-corrected chi connectivity index (χ2v) is 8.18. The van der Waals surface area contributed by atoms with Gasteiger partial charge in [-0.3, -0.25) is 4.79 Å². The number of nitrogens with zero attached hydrogens (tertiary/aromatic N) is 2. The number of aromatic hydroxyl groups is 1. The molecule has 0 spiro atoms. The second kappa shape index (κ2) is 7.39. The highest BCUT2D eigenvalue weighted by atomic mass is 19.1. The largest absolute Gasteiger partial charge is 0.508 e. The number of halogens is 1. The van der Waals surface area contributed by atoms with Gasteiger partial charge in [-0.25, -0.2) is 9.18 Å². The van der Waals surface area contributed by atoms with Gasteiger partial charge in [0.05, 0.1) is 11.2 Å². The monoisotopic (exact) mass is 423 g/mol. The van der Waals surface area contributed by atoms with Crippen molar-refractivity contribution in [2.45, 2.75) is 24.9 Å². The number of phenols is 1. The van der Waals surface area contributed by atoms with Crippen LogP contribution >= 0.6 is 0 Å². The lowest BCUT2D eigenvalue weighted by molar-refractivity contribution is 0.0695. The maximum absolute atomic E-state index is 15.2. The van der Waals surface area contributed by atoms with E-state index in [0.717, 1.165) is 18.4 Å². The number of hydrogen-bond donors (Lipinski definition) is 3. The highest BCUT2D eigenvalue weighted by Crippen LogP contribution is 2.38. The van der Waals surface area contributed by atoms with E-state index in [-0.39, 0.29) is 28.8 Å². The molecule has 1 aliphatic heterocycles. The van der Waals surface area contributed by atoms with Crippen LogP contribution in [0.2, 0.25) is 0 Å². The number of anilines is 1. The van der Waals surface area contributed by atoms with E-state index >= 15 is 4.39 Å². The Kier molecular flexibility index (Phi) is 4.66. The van der Waals surface area contributed by atoms with Crippen molar-refractivity contribution in [1.82, 2.24) is 9.88 Å². The first-order valence-corrected chi connectivity index (χ1v) is 10.3. The Morgan fingerprint density at radius 3 is 2.58 bits per heavy atom. The van der Waals surface area contributed by atoms with E-state index in [2.05, 4.69) is 5.32 Å². The van der Waals surface area contributed by atoms with Crippen LogP contribution < -0.4 is 15.6 Å². The number of aromatic carboxylic acids is 1. The highest BCUT2D eigenvalue weighted by Gasteiger charge is 2.29. The van der Waals surface area contributed by atoms with Gasteiger partial charge in [-0.15, -0.1) is 0 Å². The Bertz CT molecular complexity index is 1230. The van der Waals surface area contributed by atoms with Crippen LogP contribution in [0.1, 0.15) is 40.8 Å². The number of piperazine rings is 1. The summed E-state index contributed by atoms with van der Waals surface area (Å²) in [5.41, 5.74) is 0.959. The number of hydrogen-bond acceptors (Lipinski definition) is 5. The van der Waals surface area contributed by atoms with Crippen LogP contribution in [0, 0.1) is 5.82 Å². The lowest BCUT2D eigenvalue weighted by atomic mass is 10.0. The molecular formula is C23H22FN3O4. The van der Waals surface area contributed by atoms with Crippen LogP contribution in [0.3, 0.4) is 0 Å². The molecule has 1 saturated carbocycles. The number of rotatable bonds is 4. The Morgan fingerprint density at radius 2 is 1.90 bits per heavy atom. The molecule has 0 amide bonds. The molecule has 1 unspecified atom stereocenters. The van der Waals surface area contributed by atoms with Crippen LogP contribution in [-0.4, -0.2) is 40.4 Å². The SMILES string of the molecule is O=C(O)c1cn(C2CC2)c2cc(N3CCNC(c4ccc(O)cc4)C3)c(F)cc2c1=O. The molecule has 0 bridgehead atoms. The minimum atomic E-state index is -1.30. The summed E-state index contributed by atoms with van der Waals surface area (Å²) in [6, 6.07) is 9.88. The van der Waals surface area contributed by atoms with Crippen LogP contribution in [0.5, 0.6) is 5.75 Å². The summed E-state index contributed by atoms with van der Waals surface area (Å²) >= 11 is 0. The van der Waals surface area contributed by atoms with Crippen molar-refractivity contribution < 1.29 is 19.4 Å². The number of benzene rings is 2. The predicted octanol–water partition coefficient (Wildman–Crippen LogP) is 3.03. The molecule has 2 aromatic carbocycles. The molecule has 1 aliphatic carbocycles. The van der Waals surface area contributed by atoms with Crippen LogP contribution in [0.4, 0.5) is 10.1 Å². The summed E-state index contributed by atoms with van der Waals surface area (Å²) < 4.78 is 17.0. The van der Waals surface area contributed by atoms with Gasteiger partial charge in [0, 0.05) is 43.3 Å². The number of carboxylic acids is 1. The van der Waals surface area contributed by atoms with Crippen LogP contribution in [0.25, 0.3) is 10.9 Å². The Labute approximate surface area is 177 Å². The summed E-state index contributed by atoms with van der Waals surface area (Å²) in [5, 5.41) is 22.4. The van der Waals surface area contributed by atoms with Crippen molar-refractivity contribution in [1.29, 1.82) is 0 Å². The van der Waals surface area contributed by atoms with E-state index in [4.69, 9.17) is 0 Å². The van der Waals surface area contributed by atoms with Crippen LogP contribution in [0.15, 0.2) is 47.4 Å². The lowest BCUT2D eigenvalue weighted by Crippen LogP contribution is -2.46. The number of pyridine rings is 1. The average Bonchev–Trinajstić information content (AvgIpc) is 3.60. The van der Waals surface area contributed by atoms with Gasteiger partial charge in [0.1, 0.15) is 17.1 Å². The van der Waals surface area contributed by atoms with E-state index in [9.17, 15) is 19.8 Å². The van der Waals surface area contributed by atoms with Gasteiger partial charge in [0.15, 0.2) is 0 Å². The fourth-order valence-electron chi connectivity index (χ4n) is 4.31. The van der Waals surface area contributed by atoms with Crippen molar-refractivity contribution in [2.24, 2.45) is 0 Å². The number of carbonyl (C=O) groups is 1. The normalized spacial score (nSPS) is 19.0. The highest BCUT2D eigenvalue weighted by molar-refractivity contribution is 5.93. The van der Waals surface area contributed by atoms with Crippen LogP contribution in [-0.2, 0) is 0 Å². The Hall–Kier alpha value is -3.39. The van der Waals surface area contributed by atoms with E-state index in [1.54, 1.807) is 18.2 Å². The predicted molar refractivity (Wildman–Crippen MR) is 114 cm³/mol. The van der Waals surface area contributed by atoms with E-state index in [0.29, 0.717) is 30.8 Å². The van der Waals surface area contributed by atoms with Gasteiger partial charge >= 0.3 is 5.97 Å². The maximum Gasteiger partial charge on any atom is 0.341 e. The van der Waals surface area contributed by atoms with Crippen molar-refractivity contribution in [3.05, 3.63) is 69.8 Å². The minimum Gasteiger partial charge on any atom is -0.508 e. The van der Waals surface area contributed by atoms with E-state index in [1.165, 1.54) is 12.3 Å². The number of aromatic nitrogens is 1. The van der Waals surface area contributed by atoms with E-state index < -0.39 is 17.2 Å². The number of phenolic OH excluding ortho intramolecular Hbond substituents is 1. The number of fused-ring (bicyclic) bond motifs is 1. The molecule has 3 aromatic rings. The Balaban J connectivity index is 1.57. The molecule has 5 rings (SSSR count). The standard InChI is InChI=1S/C23H22FN3O4/c24-18-9-16-20(27(14-3-4-14)11-17(22(16)29)23(30)31)10-21(18)26-8-7-25-19(12-26)13-1-5-15(28)6-2-13/h1-2,5-6,9-11,14,19,25,28H,3-4,7-8,12H2,(H,30,31). The fourth-order valence-corrected chi connectivity index (χ4v) is 4.31. The third kappa shape index (κ3) is 3.53. The van der Waals surface area contributed by atoms with Gasteiger partial charge in [-0.05, 0) is 42.7 Å². The third-order valence-electron chi connectivity index (χ3n) is 6.08. The topological polar surface area (TPSA) is 94.8 Å². The van der Waals surface area contributed by atoms with Gasteiger partial charge in [-0.2, -0.15) is 0 Å². The van der Waals surface area contributed by atoms with Crippen molar-refractivity contribution >= 4 is 22.6 Å². The molecule has 1 aromatic heterocycles. The molecule has 3 N–H and O–H groups in total. The molecule has 2 heterocycles. The molecule has 1 atom stereocenters. The van der Waals surface area contributed by atoms with Gasteiger partial charge < -0.3 is 25.0 Å². The average molecular weight is 423 g/mol. The number of nitrogens with one attached hydrogen (secondary N) is 1. The Morgan fingerprint density at radius 1 is 1.16 bits per heavy atom. The quantitative estimate of drug-likeness (QED) is 0.597. The molecule has 31 heavy (non-hydrogen) atoms. The molecule has 160 valence electrons. The van der Waals surface area contributed by atoms with Gasteiger partial charge in [0.25, 0.3) is 0 Å². The van der Waals surface area contributed by atoms with Gasteiger partial charge in [0.2, 0.25) is 5.43 Å². The molecule has 2 aliphatic rings. The maximum atomic E-state index is 15.2. The first kappa shape index (κ1) is 19.6. The molecule has 8 heteroatoms. The summed E-state index contributed by atoms with van der Waals surface area (Å²) in [4.78, 5) is 26.1. The zero-order valence-electron chi connectivity index (χ0n) is 16.7. The smallest absolute Gasteiger partial charge is 0.341 e. The second-order valence-electron chi connectivity index (χ2n) is 8.18. The number of carboxylic acid groups (broad SMARTS) is 1. The molecule has 0 radical (unpaired) electrons. The lowest BCUT2D eigenvalue weighted by Gasteiger charge is -2.36. The fraction of sp³-hybridized carbons (Fsp3) is 0.304. The van der Waals surface area contributed by atoms with Gasteiger partial charge in [-0.1, -0.05) is 12.1 Å². The molecule has 7 nitrogen and oxygen atoms in total. The minimum absolute atomic E-state index is 0.0375. The summed E-state index contributed by atoms with van der Waals surface area (Å²) in [6.45, 7) is 1.77. The van der Waals surface area contributed by atoms with Crippen molar-refractivity contribution in [2.75, 3.05) is 24.5 Å². The summed E-state index contributed by atoms with van der Waals surface area (Å²) in [6.07, 6.45) is 3.20. The first-order chi connectivity index (χ1) is 14.9. The molecule has 1 saturated heterocycles. The van der Waals surface area contributed by atoms with E-state index in [1.807, 2.05) is 21.6 Å². The summed E-state index contributed by atoms with van der Waals surface area (Å²) in [5.74, 6) is -1.65. The zero-order valence-corrected chi connectivity index (χ0v) is 16.7. The zero-order chi connectivity index (χ0) is 21.7. The van der Waals surface area contributed by atoms with Crippen molar-refractivity contribution in [3.8, 4) is 5.75 Å². The van der Waals surface area contributed by atoms with Crippen molar-refractivity contribution in [3.63, 3.8) is 0 Å². The summed E-state index contributed by atoms with van der Waals surface area (Å²) in [7, 11) is 0. The first-order valence-electron chi connectivity index (χ1n) is 10.3. The molecule has 2 fully saturated rings. The molecular weight excluding hydrogens is 401 g/mol.